The summed E-state index contributed by atoms with van der Waals surface area (Å²) in [4.78, 5) is 0. The lowest BCUT2D eigenvalue weighted by molar-refractivity contribution is -0.137. The smallest absolute Gasteiger partial charge is 0.416 e. The van der Waals surface area contributed by atoms with E-state index in [4.69, 9.17) is 0 Å². The maximum atomic E-state index is 12.9. The quantitative estimate of drug-likeness (QED) is 0.446. The van der Waals surface area contributed by atoms with E-state index >= 15 is 0 Å². The van der Waals surface area contributed by atoms with Crippen LogP contribution in [-0.2, 0) is 17.5 Å². The highest BCUT2D eigenvalue weighted by atomic mass is 32.2. The van der Waals surface area contributed by atoms with Gasteiger partial charge in [0.15, 0.2) is 0 Å². The van der Waals surface area contributed by atoms with Crippen LogP contribution in [0, 0.1) is 5.41 Å². The third-order valence-electron chi connectivity index (χ3n) is 4.12. The lowest BCUT2D eigenvalue weighted by Gasteiger charge is -2.29. The van der Waals surface area contributed by atoms with Crippen LogP contribution in [0.15, 0.2) is 42.3 Å². The second kappa shape index (κ2) is 8.76. The van der Waals surface area contributed by atoms with E-state index < -0.39 is 27.8 Å². The molecule has 2 atom stereocenters. The zero-order valence-corrected chi connectivity index (χ0v) is 17.8. The molecule has 1 N–H and O–H groups in total. The highest BCUT2D eigenvalue weighted by molar-refractivity contribution is 7.90. The molecule has 1 aromatic rings. The van der Waals surface area contributed by atoms with E-state index in [1.165, 1.54) is 12.1 Å². The molecule has 0 saturated heterocycles. The van der Waals surface area contributed by atoms with Crippen LogP contribution in [0.2, 0.25) is 0 Å². The molecule has 0 bridgehead atoms. The molecule has 1 rings (SSSR count). The van der Waals surface area contributed by atoms with Crippen molar-refractivity contribution < 1.29 is 17.7 Å². The Kier molecular flexibility index (Phi) is 7.69. The van der Waals surface area contributed by atoms with Gasteiger partial charge in [-0.15, -0.1) is 5.73 Å². The summed E-state index contributed by atoms with van der Waals surface area (Å²) in [5.74, 6) is -0.254. The van der Waals surface area contributed by atoms with Gasteiger partial charge in [-0.05, 0) is 56.7 Å². The third-order valence-corrected chi connectivity index (χ3v) is 5.64. The Morgan fingerprint density at radius 1 is 1.11 bits per heavy atom. The zero-order chi connectivity index (χ0) is 21.0. The number of nitrogens with one attached hydrogen (secondary N) is 1. The minimum absolute atomic E-state index is 0.0552. The summed E-state index contributed by atoms with van der Waals surface area (Å²) in [5.41, 5.74) is 3.46. The summed E-state index contributed by atoms with van der Waals surface area (Å²) in [6, 6.07) is 5.13. The molecular weight excluding hydrogens is 371 g/mol. The molecule has 6 heteroatoms. The highest BCUT2D eigenvalue weighted by Crippen LogP contribution is 2.35. The predicted octanol–water partition coefficient (Wildman–Crippen LogP) is 6.34. The van der Waals surface area contributed by atoms with Crippen LogP contribution in [0.25, 0.3) is 0 Å². The molecule has 2 unspecified atom stereocenters. The van der Waals surface area contributed by atoms with Crippen molar-refractivity contribution >= 4 is 11.4 Å². The standard InChI is InChI=1S/C21H30F3NOS/c1-8-18(25-27(26)20(5,6)7)17(13-14-19(2,3)4)15-9-11-16(12-10-15)21(22,23)24/h9-12,17,25H,1,13-14H2,2-7H3. The number of rotatable bonds is 6. The average molecular weight is 402 g/mol. The van der Waals surface area contributed by atoms with Crippen LogP contribution in [0.5, 0.6) is 0 Å². The molecule has 0 radical (unpaired) electrons. The normalized spacial score (nSPS) is 15.0. The van der Waals surface area contributed by atoms with Crippen LogP contribution in [0.4, 0.5) is 13.2 Å². The fourth-order valence-electron chi connectivity index (χ4n) is 2.44. The molecule has 2 nitrogen and oxygen atoms in total. The van der Waals surface area contributed by atoms with E-state index in [0.29, 0.717) is 12.1 Å². The van der Waals surface area contributed by atoms with E-state index in [1.54, 1.807) is 0 Å². The lowest BCUT2D eigenvalue weighted by Crippen LogP contribution is -2.40. The van der Waals surface area contributed by atoms with Gasteiger partial charge < -0.3 is 4.55 Å². The van der Waals surface area contributed by atoms with E-state index in [1.807, 2.05) is 20.8 Å². The first-order valence-electron chi connectivity index (χ1n) is 8.91. The molecule has 1 aromatic carbocycles. The molecule has 0 heterocycles. The van der Waals surface area contributed by atoms with Crippen LogP contribution >= 0.6 is 0 Å². The minimum Gasteiger partial charge on any atom is -0.593 e. The topological polar surface area (TPSA) is 35.1 Å². The second-order valence-corrected chi connectivity index (χ2v) is 10.8. The Labute approximate surface area is 164 Å². The number of halogens is 3. The number of hydrogen-bond acceptors (Lipinski definition) is 2. The molecule has 0 aliphatic rings. The largest absolute Gasteiger partial charge is 0.593 e. The second-order valence-electron chi connectivity index (χ2n) is 8.85. The van der Waals surface area contributed by atoms with Gasteiger partial charge in [0.2, 0.25) is 0 Å². The summed E-state index contributed by atoms with van der Waals surface area (Å²) < 4.78 is 53.6. The van der Waals surface area contributed by atoms with Crippen LogP contribution in [-0.4, -0.2) is 9.30 Å². The fraction of sp³-hybridized carbons (Fsp3) is 0.571. The number of hydrogen-bond donors (Lipinski definition) is 1. The van der Waals surface area contributed by atoms with E-state index in [9.17, 15) is 17.7 Å². The van der Waals surface area contributed by atoms with Crippen molar-refractivity contribution in [2.24, 2.45) is 5.41 Å². The first-order valence-corrected chi connectivity index (χ1v) is 10.1. The van der Waals surface area contributed by atoms with Crippen LogP contribution in [0.1, 0.15) is 71.4 Å². The third kappa shape index (κ3) is 7.65. The van der Waals surface area contributed by atoms with Crippen LogP contribution < -0.4 is 4.72 Å². The van der Waals surface area contributed by atoms with Gasteiger partial charge in [0.1, 0.15) is 10.4 Å². The van der Waals surface area contributed by atoms with Crippen molar-refractivity contribution in [3.05, 3.63) is 53.4 Å². The Hall–Kier alpha value is -1.36. The summed E-state index contributed by atoms with van der Waals surface area (Å²) >= 11 is -1.37. The molecule has 0 amide bonds. The Bertz CT molecular complexity index is 663. The van der Waals surface area contributed by atoms with Gasteiger partial charge in [-0.2, -0.15) is 13.2 Å². The maximum absolute atomic E-state index is 12.9. The molecule has 0 spiro atoms. The van der Waals surface area contributed by atoms with Gasteiger partial charge in [-0.3, -0.25) is 0 Å². The Balaban J connectivity index is 3.20. The Morgan fingerprint density at radius 3 is 2.00 bits per heavy atom. The van der Waals surface area contributed by atoms with Gasteiger partial charge >= 0.3 is 6.18 Å². The number of alkyl halides is 3. The zero-order valence-electron chi connectivity index (χ0n) is 17.0. The van der Waals surface area contributed by atoms with E-state index in [0.717, 1.165) is 24.1 Å². The average Bonchev–Trinajstić information content (AvgIpc) is 2.51. The van der Waals surface area contributed by atoms with Crippen LogP contribution in [0.3, 0.4) is 0 Å². The van der Waals surface area contributed by atoms with Crippen molar-refractivity contribution in [1.29, 1.82) is 0 Å². The summed E-state index contributed by atoms with van der Waals surface area (Å²) in [7, 11) is 0. The van der Waals surface area contributed by atoms with Gasteiger partial charge in [0.05, 0.1) is 16.9 Å². The first kappa shape index (κ1) is 23.7. The molecule has 27 heavy (non-hydrogen) atoms. The SMILES string of the molecule is C=C=C(N[S+]([O-])C(C)(C)C)C(CCC(C)(C)C)c1ccc(C(F)(F)F)cc1. The van der Waals surface area contributed by atoms with Gasteiger partial charge in [0.25, 0.3) is 0 Å². The predicted molar refractivity (Wildman–Crippen MR) is 107 cm³/mol. The van der Waals surface area contributed by atoms with Crippen molar-refractivity contribution in [3.63, 3.8) is 0 Å². The van der Waals surface area contributed by atoms with Crippen molar-refractivity contribution in [2.75, 3.05) is 0 Å². The summed E-state index contributed by atoms with van der Waals surface area (Å²) in [5, 5.41) is 0. The van der Waals surface area contributed by atoms with Crippen molar-refractivity contribution in [2.45, 2.75) is 71.2 Å². The number of allylic oxidation sites excluding steroid dienone is 1. The molecule has 0 fully saturated rings. The molecular formula is C21H30F3NOS. The van der Waals surface area contributed by atoms with E-state index in [2.05, 4.69) is 37.8 Å². The van der Waals surface area contributed by atoms with Gasteiger partial charge in [-0.1, -0.05) is 39.5 Å². The highest BCUT2D eigenvalue weighted by Gasteiger charge is 2.32. The fourth-order valence-corrected chi connectivity index (χ4v) is 3.16. The van der Waals surface area contributed by atoms with Crippen molar-refractivity contribution in [3.8, 4) is 0 Å². The number of benzene rings is 1. The first-order chi connectivity index (χ1) is 12.1. The summed E-state index contributed by atoms with van der Waals surface area (Å²) in [6.45, 7) is 15.6. The molecule has 0 saturated carbocycles. The molecule has 0 aliphatic carbocycles. The van der Waals surface area contributed by atoms with Gasteiger partial charge in [-0.25, -0.2) is 4.72 Å². The maximum Gasteiger partial charge on any atom is 0.416 e. The molecule has 152 valence electrons. The van der Waals surface area contributed by atoms with Crippen molar-refractivity contribution in [1.82, 2.24) is 4.72 Å². The molecule has 0 aromatic heterocycles. The summed E-state index contributed by atoms with van der Waals surface area (Å²) in [6.07, 6.45) is -2.85. The molecule has 0 aliphatic heterocycles. The minimum atomic E-state index is -4.37. The monoisotopic (exact) mass is 401 g/mol. The van der Waals surface area contributed by atoms with E-state index in [-0.39, 0.29) is 11.3 Å². The van der Waals surface area contributed by atoms with Gasteiger partial charge in [0, 0.05) is 5.92 Å². The lowest BCUT2D eigenvalue weighted by atomic mass is 9.83. The Morgan fingerprint density at radius 2 is 1.63 bits per heavy atom.